The second kappa shape index (κ2) is 12.0. The fraction of sp³-hybridized carbons (Fsp3) is 0.517. The van der Waals surface area contributed by atoms with Crippen molar-refractivity contribution in [2.75, 3.05) is 19.0 Å². The van der Waals surface area contributed by atoms with Crippen molar-refractivity contribution in [3.8, 4) is 5.75 Å². The topological polar surface area (TPSA) is 95.1 Å². The molecule has 2 aliphatic rings. The van der Waals surface area contributed by atoms with Gasteiger partial charge in [-0.1, -0.05) is 12.1 Å². The van der Waals surface area contributed by atoms with Gasteiger partial charge in [0.25, 0.3) is 5.91 Å². The van der Waals surface area contributed by atoms with Gasteiger partial charge in [0.15, 0.2) is 0 Å². The molecule has 1 fully saturated rings. The highest BCUT2D eigenvalue weighted by atomic mass is 19.4. The summed E-state index contributed by atoms with van der Waals surface area (Å²) in [5.74, 6) is -4.41. The molecule has 2 aromatic carbocycles. The van der Waals surface area contributed by atoms with E-state index in [0.717, 1.165) is 19.6 Å². The zero-order valence-corrected chi connectivity index (χ0v) is 24.7. The van der Waals surface area contributed by atoms with Crippen molar-refractivity contribution in [2.45, 2.75) is 83.3 Å². The highest BCUT2D eigenvalue weighted by molar-refractivity contribution is 6.63. The van der Waals surface area contributed by atoms with E-state index in [1.54, 1.807) is 12.1 Å². The monoisotopic (exact) mass is 612 g/mol. The molecular formula is C29H34BF5N2O6. The van der Waals surface area contributed by atoms with Crippen LogP contribution in [0.2, 0.25) is 0 Å². The van der Waals surface area contributed by atoms with Gasteiger partial charge >= 0.3 is 19.3 Å². The number of fused-ring (bicyclic) bond motifs is 1. The molecule has 8 nitrogen and oxygen atoms in total. The first kappa shape index (κ1) is 32.5. The molecule has 2 atom stereocenters. The average molecular weight is 612 g/mol. The van der Waals surface area contributed by atoms with Crippen molar-refractivity contribution < 1.29 is 50.3 Å². The standard InChI is InChI=1S/C29H34BF5N2O6/c1-15(29(33,34)35)36-17-13-20(31)23(21(32)14-17)25(38)37-22(26(39)40-6)12-16-9-10-19(24-18(16)8-7-11-41-24)30-42-27(2,3)28(4,5)43-30/h9-10,13-15,22,36H,7-8,11-12H2,1-6H3,(H,37,38)/t15-,22+/m1/s1. The number of methoxy groups -OCH3 is 1. The molecule has 1 saturated heterocycles. The summed E-state index contributed by atoms with van der Waals surface area (Å²) in [5, 5.41) is 4.27. The molecule has 2 aliphatic heterocycles. The van der Waals surface area contributed by atoms with Crippen LogP contribution in [0.3, 0.4) is 0 Å². The average Bonchev–Trinajstić information content (AvgIpc) is 3.13. The highest BCUT2D eigenvalue weighted by Gasteiger charge is 2.53. The van der Waals surface area contributed by atoms with Crippen molar-refractivity contribution in [3.63, 3.8) is 0 Å². The lowest BCUT2D eigenvalue weighted by Gasteiger charge is -2.32. The zero-order chi connectivity index (χ0) is 31.9. The number of ether oxygens (including phenoxy) is 2. The van der Waals surface area contributed by atoms with Crippen LogP contribution in [0.1, 0.15) is 62.5 Å². The van der Waals surface area contributed by atoms with E-state index in [0.29, 0.717) is 48.4 Å². The summed E-state index contributed by atoms with van der Waals surface area (Å²) >= 11 is 0. The Labute approximate surface area is 246 Å². The number of esters is 1. The Morgan fingerprint density at radius 2 is 1.67 bits per heavy atom. The SMILES string of the molecule is COC(=O)[C@H](Cc1ccc(B2OC(C)(C)C(C)(C)O2)c2c1CCCO2)NC(=O)c1c(F)cc(N[C@H](C)C(F)(F)F)cc1F. The number of benzene rings is 2. The lowest BCUT2D eigenvalue weighted by molar-refractivity contribution is -0.143. The van der Waals surface area contributed by atoms with Crippen LogP contribution < -0.4 is 20.8 Å². The first-order valence-corrected chi connectivity index (χ1v) is 13.8. The third kappa shape index (κ3) is 6.74. The van der Waals surface area contributed by atoms with E-state index in [-0.39, 0.29) is 6.42 Å². The Balaban J connectivity index is 1.59. The number of amides is 1. The van der Waals surface area contributed by atoms with Gasteiger partial charge in [-0.2, -0.15) is 13.2 Å². The van der Waals surface area contributed by atoms with E-state index in [2.05, 4.69) is 5.32 Å². The van der Waals surface area contributed by atoms with Crippen LogP contribution >= 0.6 is 0 Å². The number of carbonyl (C=O) groups excluding carboxylic acids is 2. The molecule has 14 heteroatoms. The molecule has 0 spiro atoms. The van der Waals surface area contributed by atoms with Gasteiger partial charge in [0, 0.05) is 17.6 Å². The van der Waals surface area contributed by atoms with Crippen molar-refractivity contribution in [1.82, 2.24) is 5.32 Å². The van der Waals surface area contributed by atoms with Crippen molar-refractivity contribution in [1.29, 1.82) is 0 Å². The van der Waals surface area contributed by atoms with Crippen LogP contribution in [-0.4, -0.2) is 62.2 Å². The molecule has 0 bridgehead atoms. The summed E-state index contributed by atoms with van der Waals surface area (Å²) in [7, 11) is 0.398. The van der Waals surface area contributed by atoms with Crippen LogP contribution in [0, 0.1) is 11.6 Å². The van der Waals surface area contributed by atoms with E-state index in [1.165, 1.54) is 0 Å². The molecular weight excluding hydrogens is 578 g/mol. The molecule has 1 amide bonds. The second-order valence-electron chi connectivity index (χ2n) is 11.6. The Morgan fingerprint density at radius 1 is 1.07 bits per heavy atom. The minimum atomic E-state index is -4.66. The number of rotatable bonds is 8. The molecule has 2 aromatic rings. The van der Waals surface area contributed by atoms with Gasteiger partial charge < -0.3 is 29.4 Å². The van der Waals surface area contributed by atoms with Gasteiger partial charge in [-0.05, 0) is 70.7 Å². The molecule has 2 heterocycles. The van der Waals surface area contributed by atoms with Crippen molar-refractivity contribution >= 4 is 30.1 Å². The molecule has 0 saturated carbocycles. The number of halogens is 5. The molecule has 0 aliphatic carbocycles. The predicted molar refractivity (Wildman–Crippen MR) is 148 cm³/mol. The van der Waals surface area contributed by atoms with Gasteiger partial charge in [-0.15, -0.1) is 0 Å². The maximum Gasteiger partial charge on any atom is 0.498 e. The first-order chi connectivity index (χ1) is 19.9. The summed E-state index contributed by atoms with van der Waals surface area (Å²) < 4.78 is 91.5. The Kier molecular flexibility index (Phi) is 9.04. The van der Waals surface area contributed by atoms with Crippen molar-refractivity contribution in [3.05, 3.63) is 52.6 Å². The normalized spacial score (nSPS) is 18.7. The Hall–Kier alpha value is -3.39. The van der Waals surface area contributed by atoms with Gasteiger partial charge in [0.1, 0.15) is 35.0 Å². The summed E-state index contributed by atoms with van der Waals surface area (Å²) in [5.41, 5.74) is -0.662. The van der Waals surface area contributed by atoms with Crippen LogP contribution in [0.25, 0.3) is 0 Å². The Bertz CT molecular complexity index is 1360. The number of nitrogens with one attached hydrogen (secondary N) is 2. The summed E-state index contributed by atoms with van der Waals surface area (Å²) in [6.07, 6.45) is -3.48. The van der Waals surface area contributed by atoms with Crippen LogP contribution in [0.15, 0.2) is 24.3 Å². The molecule has 2 N–H and O–H groups in total. The number of anilines is 1. The third-order valence-electron chi connectivity index (χ3n) is 8.07. The lowest BCUT2D eigenvalue weighted by Crippen LogP contribution is -2.44. The number of hydrogen-bond donors (Lipinski definition) is 2. The quantitative estimate of drug-likeness (QED) is 0.258. The second-order valence-corrected chi connectivity index (χ2v) is 11.6. The highest BCUT2D eigenvalue weighted by Crippen LogP contribution is 2.38. The van der Waals surface area contributed by atoms with E-state index in [1.807, 2.05) is 33.0 Å². The molecule has 0 unspecified atom stereocenters. The summed E-state index contributed by atoms with van der Waals surface area (Å²) in [6, 6.07) is 1.21. The zero-order valence-electron chi connectivity index (χ0n) is 24.7. The first-order valence-electron chi connectivity index (χ1n) is 13.8. The lowest BCUT2D eigenvalue weighted by atomic mass is 9.75. The Morgan fingerprint density at radius 3 is 2.23 bits per heavy atom. The van der Waals surface area contributed by atoms with Crippen molar-refractivity contribution in [2.24, 2.45) is 0 Å². The summed E-state index contributed by atoms with van der Waals surface area (Å²) in [4.78, 5) is 25.7. The maximum atomic E-state index is 14.8. The smallest absolute Gasteiger partial charge is 0.494 e. The fourth-order valence-corrected chi connectivity index (χ4v) is 4.89. The largest absolute Gasteiger partial charge is 0.498 e. The van der Waals surface area contributed by atoms with Gasteiger partial charge in [0.2, 0.25) is 0 Å². The number of carbonyl (C=O) groups is 2. The molecule has 0 aromatic heterocycles. The number of hydrogen-bond acceptors (Lipinski definition) is 7. The van der Waals surface area contributed by atoms with E-state index in [4.69, 9.17) is 18.8 Å². The molecule has 0 radical (unpaired) electrons. The maximum absolute atomic E-state index is 14.8. The van der Waals surface area contributed by atoms with Crippen LogP contribution in [0.4, 0.5) is 27.6 Å². The third-order valence-corrected chi connectivity index (χ3v) is 8.07. The minimum absolute atomic E-state index is 0.0975. The predicted octanol–water partition coefficient (Wildman–Crippen LogP) is 4.47. The van der Waals surface area contributed by atoms with E-state index in [9.17, 15) is 31.5 Å². The molecule has 4 rings (SSSR count). The molecule has 234 valence electrons. The van der Waals surface area contributed by atoms with Gasteiger partial charge in [0.05, 0.1) is 24.9 Å². The van der Waals surface area contributed by atoms with Crippen LogP contribution in [0.5, 0.6) is 5.75 Å². The van der Waals surface area contributed by atoms with Crippen LogP contribution in [-0.2, 0) is 31.7 Å². The van der Waals surface area contributed by atoms with Gasteiger partial charge in [-0.25, -0.2) is 13.6 Å². The van der Waals surface area contributed by atoms with Gasteiger partial charge in [-0.3, -0.25) is 4.79 Å². The summed E-state index contributed by atoms with van der Waals surface area (Å²) in [6.45, 7) is 8.94. The van der Waals surface area contributed by atoms with E-state index < -0.39 is 71.3 Å². The number of alkyl halides is 3. The minimum Gasteiger partial charge on any atom is -0.494 e. The fourth-order valence-electron chi connectivity index (χ4n) is 4.89. The molecule has 43 heavy (non-hydrogen) atoms. The van der Waals surface area contributed by atoms with E-state index >= 15 is 0 Å².